The number of allylic oxidation sites excluding steroid dienone is 1. The summed E-state index contributed by atoms with van der Waals surface area (Å²) < 4.78 is 6.10. The van der Waals surface area contributed by atoms with Gasteiger partial charge in [-0.15, -0.1) is 0 Å². The van der Waals surface area contributed by atoms with Gasteiger partial charge in [0.05, 0.1) is 0 Å². The van der Waals surface area contributed by atoms with Crippen LogP contribution >= 0.6 is 0 Å². The molecular weight excluding hydrogens is 252 g/mol. The molecule has 98 valence electrons. The van der Waals surface area contributed by atoms with Gasteiger partial charge in [0.1, 0.15) is 0 Å². The van der Waals surface area contributed by atoms with Gasteiger partial charge < -0.3 is 4.43 Å². The first-order valence-electron chi connectivity index (χ1n) is 6.37. The molecule has 0 N–H and O–H groups in total. The van der Waals surface area contributed by atoms with Crippen LogP contribution in [0.3, 0.4) is 0 Å². The maximum Gasteiger partial charge on any atom is 0.218 e. The van der Waals surface area contributed by atoms with Crippen LogP contribution in [0.4, 0.5) is 0 Å². The zero-order valence-corrected chi connectivity index (χ0v) is 14.0. The van der Waals surface area contributed by atoms with E-state index in [0.717, 1.165) is 18.6 Å². The first-order chi connectivity index (χ1) is 7.97. The van der Waals surface area contributed by atoms with Gasteiger partial charge in [-0.25, -0.2) is 0 Å². The average Bonchev–Trinajstić information content (AvgIpc) is 2.29. The SMILES string of the molecule is C=C(C)c1cccc([Si](C)(C)OCCCC)c1.[Si]. The lowest BCUT2D eigenvalue weighted by Gasteiger charge is -2.24. The van der Waals surface area contributed by atoms with Crippen molar-refractivity contribution in [3.8, 4) is 0 Å². The topological polar surface area (TPSA) is 9.23 Å². The molecule has 3 heteroatoms. The molecule has 1 aromatic rings. The van der Waals surface area contributed by atoms with Gasteiger partial charge in [-0.1, -0.05) is 49.8 Å². The molecule has 0 aliphatic heterocycles. The van der Waals surface area contributed by atoms with Crippen molar-refractivity contribution in [3.63, 3.8) is 0 Å². The van der Waals surface area contributed by atoms with Gasteiger partial charge in [0.15, 0.2) is 0 Å². The number of benzene rings is 1. The molecule has 0 spiro atoms. The standard InChI is InChI=1S/C15H24OSi.Si/c1-6-7-11-16-17(4,5)15-10-8-9-14(12-15)13(2)3;/h8-10,12H,2,6-7,11H2,1,3-5H3;. The van der Waals surface area contributed by atoms with Crippen LogP contribution in [0.15, 0.2) is 30.8 Å². The van der Waals surface area contributed by atoms with E-state index in [1.54, 1.807) is 0 Å². The molecule has 4 radical (unpaired) electrons. The molecule has 0 aliphatic rings. The second-order valence-corrected chi connectivity index (χ2v) is 8.96. The van der Waals surface area contributed by atoms with Crippen molar-refractivity contribution in [3.05, 3.63) is 36.4 Å². The molecule has 0 atom stereocenters. The van der Waals surface area contributed by atoms with Crippen LogP contribution in [0.1, 0.15) is 32.3 Å². The molecule has 0 aromatic heterocycles. The fourth-order valence-electron chi connectivity index (χ4n) is 1.71. The van der Waals surface area contributed by atoms with E-state index in [0.29, 0.717) is 0 Å². The highest BCUT2D eigenvalue weighted by Crippen LogP contribution is 2.13. The lowest BCUT2D eigenvalue weighted by molar-refractivity contribution is 0.307. The Morgan fingerprint density at radius 2 is 2.00 bits per heavy atom. The van der Waals surface area contributed by atoms with Crippen molar-refractivity contribution in [2.45, 2.75) is 39.8 Å². The molecule has 0 unspecified atom stereocenters. The maximum absolute atomic E-state index is 6.10. The van der Waals surface area contributed by atoms with Gasteiger partial charge in [-0.2, -0.15) is 0 Å². The van der Waals surface area contributed by atoms with Gasteiger partial charge in [0, 0.05) is 17.6 Å². The molecule has 0 amide bonds. The lowest BCUT2D eigenvalue weighted by atomic mass is 10.1. The van der Waals surface area contributed by atoms with Gasteiger partial charge in [0.2, 0.25) is 8.32 Å². The first-order valence-corrected chi connectivity index (χ1v) is 9.28. The summed E-state index contributed by atoms with van der Waals surface area (Å²) >= 11 is 0. The van der Waals surface area contributed by atoms with Crippen LogP contribution in [0, 0.1) is 0 Å². The summed E-state index contributed by atoms with van der Waals surface area (Å²) in [5.41, 5.74) is 2.34. The Bertz CT molecular complexity index is 386. The van der Waals surface area contributed by atoms with E-state index in [4.69, 9.17) is 4.43 Å². The molecule has 1 nitrogen and oxygen atoms in total. The smallest absolute Gasteiger partial charge is 0.218 e. The molecule has 0 heterocycles. The summed E-state index contributed by atoms with van der Waals surface area (Å²) in [4.78, 5) is 0. The fourth-order valence-corrected chi connectivity index (χ4v) is 3.54. The predicted octanol–water partition coefficient (Wildman–Crippen LogP) is 3.57. The Morgan fingerprint density at radius 1 is 1.33 bits per heavy atom. The quantitative estimate of drug-likeness (QED) is 0.570. The van der Waals surface area contributed by atoms with Crippen molar-refractivity contribution < 1.29 is 4.43 Å². The first kappa shape index (κ1) is 17.4. The average molecular weight is 277 g/mol. The minimum Gasteiger partial charge on any atom is -0.413 e. The van der Waals surface area contributed by atoms with Gasteiger partial charge in [-0.3, -0.25) is 0 Å². The van der Waals surface area contributed by atoms with E-state index in [1.807, 2.05) is 6.92 Å². The van der Waals surface area contributed by atoms with Crippen LogP contribution in [0.25, 0.3) is 5.57 Å². The Balaban J connectivity index is 0.00000289. The van der Waals surface area contributed by atoms with Crippen molar-refractivity contribution in [1.82, 2.24) is 0 Å². The van der Waals surface area contributed by atoms with Crippen LogP contribution in [-0.2, 0) is 4.43 Å². The van der Waals surface area contributed by atoms with E-state index in [-0.39, 0.29) is 11.0 Å². The van der Waals surface area contributed by atoms with Gasteiger partial charge in [0.25, 0.3) is 0 Å². The monoisotopic (exact) mass is 276 g/mol. The van der Waals surface area contributed by atoms with Crippen molar-refractivity contribution in [2.24, 2.45) is 0 Å². The normalized spacial score (nSPS) is 10.9. The van der Waals surface area contributed by atoms with Crippen molar-refractivity contribution in [2.75, 3.05) is 6.61 Å². The Hall–Kier alpha value is -0.646. The number of unbranched alkanes of at least 4 members (excludes halogenated alkanes) is 1. The van der Waals surface area contributed by atoms with E-state index >= 15 is 0 Å². The van der Waals surface area contributed by atoms with E-state index < -0.39 is 8.32 Å². The predicted molar refractivity (Wildman–Crippen MR) is 84.9 cm³/mol. The minimum atomic E-state index is -1.74. The van der Waals surface area contributed by atoms with Crippen LogP contribution < -0.4 is 5.19 Å². The molecule has 1 aromatic carbocycles. The maximum atomic E-state index is 6.10. The summed E-state index contributed by atoms with van der Waals surface area (Å²) in [5.74, 6) is 0. The van der Waals surface area contributed by atoms with E-state index in [1.165, 1.54) is 17.2 Å². The molecule has 0 aliphatic carbocycles. The highest BCUT2D eigenvalue weighted by atomic mass is 28.4. The molecule has 18 heavy (non-hydrogen) atoms. The summed E-state index contributed by atoms with van der Waals surface area (Å²) in [6.45, 7) is 13.6. The summed E-state index contributed by atoms with van der Waals surface area (Å²) in [6.07, 6.45) is 2.34. The number of hydrogen-bond acceptors (Lipinski definition) is 1. The third kappa shape index (κ3) is 4.92. The molecule has 0 saturated carbocycles. The Labute approximate surface area is 117 Å². The molecule has 0 fully saturated rings. The molecule has 1 rings (SSSR count). The third-order valence-corrected chi connectivity index (χ3v) is 5.64. The van der Waals surface area contributed by atoms with Crippen LogP contribution in [-0.4, -0.2) is 25.9 Å². The highest BCUT2D eigenvalue weighted by molar-refractivity contribution is 6.84. The zero-order chi connectivity index (χ0) is 12.9. The summed E-state index contributed by atoms with van der Waals surface area (Å²) in [7, 11) is -1.74. The Kier molecular flexibility index (Phi) is 7.44. The van der Waals surface area contributed by atoms with Crippen molar-refractivity contribution in [1.29, 1.82) is 0 Å². The fraction of sp³-hybridized carbons (Fsp3) is 0.467. The van der Waals surface area contributed by atoms with Gasteiger partial charge >= 0.3 is 0 Å². The molecular formula is C15H24OSi2. The lowest BCUT2D eigenvalue weighted by Crippen LogP contribution is -2.45. The largest absolute Gasteiger partial charge is 0.413 e. The number of rotatable bonds is 6. The second-order valence-electron chi connectivity index (χ2n) is 5.07. The second kappa shape index (κ2) is 7.72. The molecule has 0 saturated heterocycles. The van der Waals surface area contributed by atoms with Crippen molar-refractivity contribution >= 4 is 30.0 Å². The summed E-state index contributed by atoms with van der Waals surface area (Å²) in [5, 5.41) is 1.36. The zero-order valence-electron chi connectivity index (χ0n) is 12.0. The minimum absolute atomic E-state index is 0. The van der Waals surface area contributed by atoms with Gasteiger partial charge in [-0.05, 0) is 37.2 Å². The third-order valence-electron chi connectivity index (χ3n) is 3.01. The molecule has 0 bridgehead atoms. The van der Waals surface area contributed by atoms with E-state index in [2.05, 4.69) is 50.9 Å². The number of hydrogen-bond donors (Lipinski definition) is 0. The highest BCUT2D eigenvalue weighted by Gasteiger charge is 2.25. The van der Waals surface area contributed by atoms with Crippen LogP contribution in [0.5, 0.6) is 0 Å². The Morgan fingerprint density at radius 3 is 2.56 bits per heavy atom. The van der Waals surface area contributed by atoms with Crippen LogP contribution in [0.2, 0.25) is 13.1 Å². The summed E-state index contributed by atoms with van der Waals surface area (Å²) in [6, 6.07) is 8.64. The van der Waals surface area contributed by atoms with E-state index in [9.17, 15) is 0 Å².